The zero-order chi connectivity index (χ0) is 17.0. The molecule has 1 fully saturated rings. The third-order valence-electron chi connectivity index (χ3n) is 5.41. The Balaban J connectivity index is 1.56. The second kappa shape index (κ2) is 5.49. The van der Waals surface area contributed by atoms with Gasteiger partial charge in [-0.3, -0.25) is 14.5 Å². The lowest BCUT2D eigenvalue weighted by molar-refractivity contribution is 0.407. The Labute approximate surface area is 148 Å². The van der Waals surface area contributed by atoms with E-state index in [0.29, 0.717) is 34.6 Å². The molecule has 2 aliphatic rings. The highest BCUT2D eigenvalue weighted by Crippen LogP contribution is 2.46. The maximum absolute atomic E-state index is 12.7. The fourth-order valence-electron chi connectivity index (χ4n) is 4.21. The molecule has 2 aliphatic carbocycles. The molecule has 0 spiro atoms. The molecule has 0 radical (unpaired) electrons. The Hall–Kier alpha value is -2.54. The van der Waals surface area contributed by atoms with Crippen LogP contribution in [0.15, 0.2) is 47.4 Å². The van der Waals surface area contributed by atoms with Crippen LogP contribution in [0, 0.1) is 16.6 Å². The van der Waals surface area contributed by atoms with E-state index < -0.39 is 0 Å². The maximum atomic E-state index is 12.7. The number of benzene rings is 1. The molecule has 2 heterocycles. The van der Waals surface area contributed by atoms with Crippen molar-refractivity contribution in [2.24, 2.45) is 11.8 Å². The van der Waals surface area contributed by atoms with Gasteiger partial charge in [0.05, 0.1) is 11.6 Å². The van der Waals surface area contributed by atoms with Gasteiger partial charge >= 0.3 is 0 Å². The molecule has 0 aliphatic heterocycles. The minimum absolute atomic E-state index is 0.105. The van der Waals surface area contributed by atoms with E-state index in [0.717, 1.165) is 17.6 Å². The molecule has 2 bridgehead atoms. The van der Waals surface area contributed by atoms with Crippen LogP contribution >= 0.6 is 12.2 Å². The van der Waals surface area contributed by atoms with Crippen LogP contribution in [-0.2, 0) is 6.54 Å². The number of nitrogens with one attached hydrogen (secondary N) is 1. The molecule has 3 atom stereocenters. The van der Waals surface area contributed by atoms with Gasteiger partial charge in [0.2, 0.25) is 0 Å². The average Bonchev–Trinajstić information content (AvgIpc) is 3.33. The first-order valence-electron chi connectivity index (χ1n) is 8.49. The molecule has 6 nitrogen and oxygen atoms in total. The molecule has 7 heteroatoms. The van der Waals surface area contributed by atoms with E-state index in [2.05, 4.69) is 32.0 Å². The molecule has 0 amide bonds. The largest absolute Gasteiger partial charge is 0.299 e. The third kappa shape index (κ3) is 2.30. The van der Waals surface area contributed by atoms with Gasteiger partial charge in [0.15, 0.2) is 10.6 Å². The van der Waals surface area contributed by atoms with E-state index in [1.807, 2.05) is 24.3 Å². The lowest BCUT2D eigenvalue weighted by Crippen LogP contribution is -2.26. The minimum Gasteiger partial charge on any atom is -0.299 e. The Morgan fingerprint density at radius 2 is 2.12 bits per heavy atom. The monoisotopic (exact) mass is 351 g/mol. The summed E-state index contributed by atoms with van der Waals surface area (Å²) in [5.41, 5.74) is -0.105. The summed E-state index contributed by atoms with van der Waals surface area (Å²) in [7, 11) is 0. The molecule has 25 heavy (non-hydrogen) atoms. The van der Waals surface area contributed by atoms with Crippen molar-refractivity contribution < 1.29 is 0 Å². The lowest BCUT2D eigenvalue weighted by atomic mass is 10.0. The molecule has 1 aromatic carbocycles. The molecule has 3 aromatic rings. The molecule has 1 saturated carbocycles. The van der Waals surface area contributed by atoms with Gasteiger partial charge in [-0.25, -0.2) is 4.68 Å². The second-order valence-electron chi connectivity index (χ2n) is 6.86. The van der Waals surface area contributed by atoms with E-state index in [1.54, 1.807) is 6.20 Å². The van der Waals surface area contributed by atoms with E-state index in [1.165, 1.54) is 11.1 Å². The first-order valence-corrected chi connectivity index (χ1v) is 8.90. The first kappa shape index (κ1) is 14.8. The van der Waals surface area contributed by atoms with Crippen LogP contribution in [-0.4, -0.2) is 24.5 Å². The predicted octanol–water partition coefficient (Wildman–Crippen LogP) is 2.84. The van der Waals surface area contributed by atoms with Crippen molar-refractivity contribution in [3.63, 3.8) is 0 Å². The number of H-pyrrole nitrogens is 1. The molecule has 0 unspecified atom stereocenters. The Kier molecular flexibility index (Phi) is 3.24. The van der Waals surface area contributed by atoms with Crippen LogP contribution in [0.1, 0.15) is 24.7 Å². The number of hydrogen-bond acceptors (Lipinski definition) is 4. The number of rotatable bonds is 3. The lowest BCUT2D eigenvalue weighted by Gasteiger charge is -2.21. The van der Waals surface area contributed by atoms with Gasteiger partial charge in [0.25, 0.3) is 5.56 Å². The van der Waals surface area contributed by atoms with Crippen LogP contribution < -0.4 is 5.56 Å². The van der Waals surface area contributed by atoms with Crippen molar-refractivity contribution in [2.45, 2.75) is 25.4 Å². The summed E-state index contributed by atoms with van der Waals surface area (Å²) < 4.78 is 4.18. The summed E-state index contributed by atoms with van der Waals surface area (Å²) in [6, 6.07) is 7.82. The van der Waals surface area contributed by atoms with E-state index >= 15 is 0 Å². The van der Waals surface area contributed by atoms with Gasteiger partial charge in [0, 0.05) is 11.4 Å². The van der Waals surface area contributed by atoms with Gasteiger partial charge in [-0.2, -0.15) is 10.2 Å². The van der Waals surface area contributed by atoms with Gasteiger partial charge in [-0.15, -0.1) is 0 Å². The summed E-state index contributed by atoms with van der Waals surface area (Å²) in [6.45, 7) is 0.314. The van der Waals surface area contributed by atoms with Gasteiger partial charge in [-0.05, 0) is 43.0 Å². The Morgan fingerprint density at radius 3 is 2.92 bits per heavy atom. The molecular formula is C18H17N5OS. The molecule has 1 N–H and O–H groups in total. The fraction of sp³-hybridized carbons (Fsp3) is 0.333. The quantitative estimate of drug-likeness (QED) is 0.582. The standard InChI is InChI=1S/C18H17N5OS/c24-17-14-4-2-1-3-13(14)9-19-22(17)10-16-20-21-18(25)23(16)15-8-11-5-6-12(15)7-11/h1-6,9,11-12,15H,7-8,10H2,(H,21,25)/t11-,12-,15+/m0/s1. The van der Waals surface area contributed by atoms with Crippen molar-refractivity contribution in [1.82, 2.24) is 24.5 Å². The highest BCUT2D eigenvalue weighted by molar-refractivity contribution is 7.71. The number of aromatic amines is 1. The average molecular weight is 351 g/mol. The number of allylic oxidation sites excluding steroid dienone is 2. The molecule has 126 valence electrons. The van der Waals surface area contributed by atoms with Crippen molar-refractivity contribution in [2.75, 3.05) is 0 Å². The number of aromatic nitrogens is 5. The third-order valence-corrected chi connectivity index (χ3v) is 5.69. The zero-order valence-corrected chi connectivity index (χ0v) is 14.3. The van der Waals surface area contributed by atoms with Crippen molar-refractivity contribution in [1.29, 1.82) is 0 Å². The highest BCUT2D eigenvalue weighted by Gasteiger charge is 2.38. The van der Waals surface area contributed by atoms with Crippen molar-refractivity contribution in [3.8, 4) is 0 Å². The van der Waals surface area contributed by atoms with E-state index in [9.17, 15) is 4.79 Å². The van der Waals surface area contributed by atoms with Crippen LogP contribution in [0.4, 0.5) is 0 Å². The summed E-state index contributed by atoms with van der Waals surface area (Å²) in [5.74, 6) is 1.91. The Morgan fingerprint density at radius 1 is 1.24 bits per heavy atom. The predicted molar refractivity (Wildman–Crippen MR) is 96.9 cm³/mol. The molecule has 0 saturated heterocycles. The highest BCUT2D eigenvalue weighted by atomic mass is 32.1. The summed E-state index contributed by atoms with van der Waals surface area (Å²) >= 11 is 5.46. The van der Waals surface area contributed by atoms with Crippen LogP contribution in [0.3, 0.4) is 0 Å². The van der Waals surface area contributed by atoms with Crippen molar-refractivity contribution >= 4 is 23.0 Å². The number of nitrogens with zero attached hydrogens (tertiary/aromatic N) is 4. The second-order valence-corrected chi connectivity index (χ2v) is 7.24. The molecular weight excluding hydrogens is 334 g/mol. The molecule has 5 rings (SSSR count). The van der Waals surface area contributed by atoms with Crippen LogP contribution in [0.25, 0.3) is 10.8 Å². The Bertz CT molecular complexity index is 1110. The summed E-state index contributed by atoms with van der Waals surface area (Å²) in [4.78, 5) is 12.7. The number of fused-ring (bicyclic) bond motifs is 3. The van der Waals surface area contributed by atoms with E-state index in [4.69, 9.17) is 12.2 Å². The SMILES string of the molecule is O=c1c2ccccc2cnn1Cc1n[nH]c(=S)n1[C@@H]1C[C@H]2C=C[C@H]1C2. The minimum atomic E-state index is -0.105. The fourth-order valence-corrected chi connectivity index (χ4v) is 4.50. The van der Waals surface area contributed by atoms with Gasteiger partial charge < -0.3 is 0 Å². The maximum Gasteiger partial charge on any atom is 0.275 e. The van der Waals surface area contributed by atoms with Crippen molar-refractivity contribution in [3.05, 3.63) is 63.6 Å². The summed E-state index contributed by atoms with van der Waals surface area (Å²) in [5, 5.41) is 13.1. The van der Waals surface area contributed by atoms with Crippen LogP contribution in [0.5, 0.6) is 0 Å². The van der Waals surface area contributed by atoms with Gasteiger partial charge in [-0.1, -0.05) is 30.4 Å². The van der Waals surface area contributed by atoms with Crippen LogP contribution in [0.2, 0.25) is 0 Å². The summed E-state index contributed by atoms with van der Waals surface area (Å²) in [6.07, 6.45) is 8.59. The zero-order valence-electron chi connectivity index (χ0n) is 13.5. The smallest absolute Gasteiger partial charge is 0.275 e. The normalized spacial score (nSPS) is 24.4. The molecule has 2 aromatic heterocycles. The number of hydrogen-bond donors (Lipinski definition) is 1. The van der Waals surface area contributed by atoms with Gasteiger partial charge in [0.1, 0.15) is 6.54 Å². The topological polar surface area (TPSA) is 68.5 Å². The van der Waals surface area contributed by atoms with E-state index in [-0.39, 0.29) is 5.56 Å². The first-order chi connectivity index (χ1) is 12.2.